The number of nitrogens with one attached hydrogen (secondary N) is 2. The predicted octanol–water partition coefficient (Wildman–Crippen LogP) is 1.56. The van der Waals surface area contributed by atoms with Crippen LogP contribution in [0.3, 0.4) is 0 Å². The zero-order valence-electron chi connectivity index (χ0n) is 11.5. The molecule has 0 bridgehead atoms. The van der Waals surface area contributed by atoms with Gasteiger partial charge in [-0.15, -0.1) is 0 Å². The van der Waals surface area contributed by atoms with Gasteiger partial charge in [0.05, 0.1) is 0 Å². The van der Waals surface area contributed by atoms with Gasteiger partial charge in [-0.05, 0) is 12.8 Å². The van der Waals surface area contributed by atoms with Crippen molar-refractivity contribution in [2.45, 2.75) is 20.8 Å². The Morgan fingerprint density at radius 2 is 1.89 bits per heavy atom. The minimum absolute atomic E-state index is 0.524. The highest BCUT2D eigenvalue weighted by atomic mass is 15.3. The largest absolute Gasteiger partial charge is 0.354 e. The normalized spacial score (nSPS) is 10.7. The maximum atomic E-state index is 4.38. The molecule has 2 aromatic rings. The average Bonchev–Trinajstić information content (AvgIpc) is 2.90. The van der Waals surface area contributed by atoms with E-state index in [0.717, 1.165) is 13.1 Å². The SMILES string of the molecule is CCNc1nc(NCC(C)C)nc(-n2ccnc2)n1. The molecular formula is C12H19N7. The monoisotopic (exact) mass is 261 g/mol. The highest BCUT2D eigenvalue weighted by molar-refractivity contribution is 5.37. The second-order valence-corrected chi connectivity index (χ2v) is 4.56. The Morgan fingerprint density at radius 1 is 1.16 bits per heavy atom. The average molecular weight is 261 g/mol. The second-order valence-electron chi connectivity index (χ2n) is 4.56. The van der Waals surface area contributed by atoms with Crippen LogP contribution >= 0.6 is 0 Å². The molecule has 2 rings (SSSR count). The summed E-state index contributed by atoms with van der Waals surface area (Å²) in [6, 6.07) is 0. The highest BCUT2D eigenvalue weighted by Gasteiger charge is 2.07. The van der Waals surface area contributed by atoms with Crippen molar-refractivity contribution >= 4 is 11.9 Å². The van der Waals surface area contributed by atoms with Crippen molar-refractivity contribution in [3.05, 3.63) is 18.7 Å². The number of imidazole rings is 1. The van der Waals surface area contributed by atoms with Gasteiger partial charge in [0.15, 0.2) is 0 Å². The number of rotatable bonds is 6. The molecule has 0 atom stereocenters. The Labute approximate surface area is 112 Å². The van der Waals surface area contributed by atoms with Gasteiger partial charge >= 0.3 is 0 Å². The van der Waals surface area contributed by atoms with E-state index < -0.39 is 0 Å². The van der Waals surface area contributed by atoms with Gasteiger partial charge in [-0.3, -0.25) is 4.57 Å². The summed E-state index contributed by atoms with van der Waals surface area (Å²) >= 11 is 0. The van der Waals surface area contributed by atoms with Crippen LogP contribution in [0.4, 0.5) is 11.9 Å². The van der Waals surface area contributed by atoms with E-state index in [0.29, 0.717) is 23.8 Å². The predicted molar refractivity (Wildman–Crippen MR) is 74.4 cm³/mol. The van der Waals surface area contributed by atoms with Crippen LogP contribution in [0.2, 0.25) is 0 Å². The summed E-state index contributed by atoms with van der Waals surface area (Å²) in [4.78, 5) is 17.0. The van der Waals surface area contributed by atoms with E-state index in [1.165, 1.54) is 0 Å². The molecule has 7 nitrogen and oxygen atoms in total. The van der Waals surface area contributed by atoms with Gasteiger partial charge in [-0.1, -0.05) is 13.8 Å². The molecule has 19 heavy (non-hydrogen) atoms. The van der Waals surface area contributed by atoms with Gasteiger partial charge in [0, 0.05) is 25.5 Å². The van der Waals surface area contributed by atoms with Crippen molar-refractivity contribution in [2.75, 3.05) is 23.7 Å². The van der Waals surface area contributed by atoms with Gasteiger partial charge in [-0.2, -0.15) is 15.0 Å². The molecule has 0 aliphatic heterocycles. The summed E-state index contributed by atoms with van der Waals surface area (Å²) < 4.78 is 1.75. The lowest BCUT2D eigenvalue weighted by Crippen LogP contribution is -2.15. The summed E-state index contributed by atoms with van der Waals surface area (Å²) in [5, 5.41) is 6.31. The molecule has 2 heterocycles. The van der Waals surface area contributed by atoms with Crippen LogP contribution < -0.4 is 10.6 Å². The van der Waals surface area contributed by atoms with Crippen molar-refractivity contribution in [3.63, 3.8) is 0 Å². The first-order chi connectivity index (χ1) is 9.19. The van der Waals surface area contributed by atoms with Crippen LogP contribution in [0.15, 0.2) is 18.7 Å². The van der Waals surface area contributed by atoms with Crippen molar-refractivity contribution in [1.82, 2.24) is 24.5 Å². The summed E-state index contributed by atoms with van der Waals surface area (Å²) in [7, 11) is 0. The van der Waals surface area contributed by atoms with E-state index in [1.54, 1.807) is 23.3 Å². The Balaban J connectivity index is 2.27. The zero-order chi connectivity index (χ0) is 13.7. The number of nitrogens with zero attached hydrogens (tertiary/aromatic N) is 5. The van der Waals surface area contributed by atoms with Crippen molar-refractivity contribution in [1.29, 1.82) is 0 Å². The van der Waals surface area contributed by atoms with E-state index in [9.17, 15) is 0 Å². The first kappa shape index (κ1) is 13.3. The van der Waals surface area contributed by atoms with E-state index in [-0.39, 0.29) is 0 Å². The summed E-state index contributed by atoms with van der Waals surface area (Å²) in [6.07, 6.45) is 5.16. The molecule has 0 aliphatic carbocycles. The Morgan fingerprint density at radius 3 is 2.47 bits per heavy atom. The molecular weight excluding hydrogens is 242 g/mol. The van der Waals surface area contributed by atoms with E-state index in [1.807, 2.05) is 6.92 Å². The standard InChI is InChI=1S/C12H19N7/c1-4-14-10-16-11(15-7-9(2)3)18-12(17-10)19-6-5-13-8-19/h5-6,8-9H,4,7H2,1-3H3,(H2,14,15,16,17,18). The molecule has 7 heteroatoms. The molecule has 0 saturated heterocycles. The van der Waals surface area contributed by atoms with Crippen LogP contribution in [0.25, 0.3) is 5.95 Å². The molecule has 0 radical (unpaired) electrons. The maximum absolute atomic E-state index is 4.38. The van der Waals surface area contributed by atoms with Gasteiger partial charge in [0.2, 0.25) is 17.8 Å². The number of hydrogen-bond acceptors (Lipinski definition) is 6. The fourth-order valence-electron chi connectivity index (χ4n) is 1.47. The molecule has 0 amide bonds. The Kier molecular flexibility index (Phi) is 4.27. The van der Waals surface area contributed by atoms with Crippen LogP contribution in [0, 0.1) is 5.92 Å². The van der Waals surface area contributed by atoms with Crippen LogP contribution in [-0.4, -0.2) is 37.6 Å². The lowest BCUT2D eigenvalue weighted by atomic mass is 10.2. The van der Waals surface area contributed by atoms with Gasteiger partial charge in [-0.25, -0.2) is 4.98 Å². The third-order valence-corrected chi connectivity index (χ3v) is 2.36. The maximum Gasteiger partial charge on any atom is 0.241 e. The number of aromatic nitrogens is 5. The van der Waals surface area contributed by atoms with Crippen LogP contribution in [0.1, 0.15) is 20.8 Å². The molecule has 102 valence electrons. The molecule has 0 saturated carbocycles. The topological polar surface area (TPSA) is 80.5 Å². The number of hydrogen-bond donors (Lipinski definition) is 2. The van der Waals surface area contributed by atoms with Crippen LogP contribution in [0.5, 0.6) is 0 Å². The minimum atomic E-state index is 0.524. The molecule has 2 aromatic heterocycles. The quantitative estimate of drug-likeness (QED) is 0.821. The fraction of sp³-hybridized carbons (Fsp3) is 0.500. The van der Waals surface area contributed by atoms with Crippen molar-refractivity contribution < 1.29 is 0 Å². The van der Waals surface area contributed by atoms with Gasteiger partial charge in [0.1, 0.15) is 6.33 Å². The first-order valence-corrected chi connectivity index (χ1v) is 6.41. The van der Waals surface area contributed by atoms with Crippen molar-refractivity contribution in [3.8, 4) is 5.95 Å². The lowest BCUT2D eigenvalue weighted by Gasteiger charge is -2.10. The van der Waals surface area contributed by atoms with E-state index in [4.69, 9.17) is 0 Å². The molecule has 0 fully saturated rings. The van der Waals surface area contributed by atoms with Crippen molar-refractivity contribution in [2.24, 2.45) is 5.92 Å². The molecule has 0 aliphatic rings. The van der Waals surface area contributed by atoms with Gasteiger partial charge in [0.25, 0.3) is 0 Å². The summed E-state index contributed by atoms with van der Waals surface area (Å²) in [5.41, 5.74) is 0. The summed E-state index contributed by atoms with van der Waals surface area (Å²) in [5.74, 6) is 2.21. The number of anilines is 2. The molecule has 0 unspecified atom stereocenters. The second kappa shape index (κ2) is 6.12. The Bertz CT molecular complexity index is 507. The van der Waals surface area contributed by atoms with Crippen LogP contribution in [-0.2, 0) is 0 Å². The Hall–Kier alpha value is -2.18. The smallest absolute Gasteiger partial charge is 0.241 e. The summed E-state index contributed by atoms with van der Waals surface area (Å²) in [6.45, 7) is 7.85. The van der Waals surface area contributed by atoms with Gasteiger partial charge < -0.3 is 10.6 Å². The third-order valence-electron chi connectivity index (χ3n) is 2.36. The first-order valence-electron chi connectivity index (χ1n) is 6.41. The highest BCUT2D eigenvalue weighted by Crippen LogP contribution is 2.09. The fourth-order valence-corrected chi connectivity index (χ4v) is 1.47. The zero-order valence-corrected chi connectivity index (χ0v) is 11.5. The third kappa shape index (κ3) is 3.64. The van der Waals surface area contributed by atoms with E-state index >= 15 is 0 Å². The molecule has 2 N–H and O–H groups in total. The lowest BCUT2D eigenvalue weighted by molar-refractivity contribution is 0.683. The van der Waals surface area contributed by atoms with E-state index in [2.05, 4.69) is 44.4 Å². The molecule has 0 spiro atoms. The molecule has 0 aromatic carbocycles. The minimum Gasteiger partial charge on any atom is -0.354 e.